The van der Waals surface area contributed by atoms with Crippen LogP contribution in [-0.2, 0) is 14.8 Å². The second-order valence-electron chi connectivity index (χ2n) is 6.52. The van der Waals surface area contributed by atoms with Crippen LogP contribution in [0, 0.1) is 0 Å². The molecule has 5 nitrogen and oxygen atoms in total. The van der Waals surface area contributed by atoms with E-state index in [1.54, 1.807) is 12.4 Å². The Labute approximate surface area is 152 Å². The van der Waals surface area contributed by atoms with Gasteiger partial charge in [-0.25, -0.2) is 8.42 Å². The smallest absolute Gasteiger partial charge is 0.265 e. The van der Waals surface area contributed by atoms with E-state index in [0.717, 1.165) is 30.8 Å². The van der Waals surface area contributed by atoms with E-state index in [-0.39, 0.29) is 6.10 Å². The Bertz CT molecular complexity index is 857. The predicted octanol–water partition coefficient (Wildman–Crippen LogP) is 3.09. The van der Waals surface area contributed by atoms with Crippen molar-refractivity contribution < 1.29 is 13.2 Å². The zero-order valence-electron chi connectivity index (χ0n) is 14.2. The molecule has 1 unspecified atom stereocenters. The van der Waals surface area contributed by atoms with Crippen molar-refractivity contribution >= 4 is 27.0 Å². The van der Waals surface area contributed by atoms with Crippen molar-refractivity contribution in [1.82, 2.24) is 4.90 Å². The van der Waals surface area contributed by atoms with Crippen LogP contribution in [0.2, 0.25) is 0 Å². The summed E-state index contributed by atoms with van der Waals surface area (Å²) in [6.45, 7) is 3.75. The largest absolute Gasteiger partial charge is 0.367 e. The molecule has 2 aromatic rings. The van der Waals surface area contributed by atoms with E-state index in [1.165, 1.54) is 28.5 Å². The quantitative estimate of drug-likeness (QED) is 0.820. The highest BCUT2D eigenvalue weighted by Crippen LogP contribution is 2.43. The summed E-state index contributed by atoms with van der Waals surface area (Å²) < 4.78 is 33.5. The first-order valence-electron chi connectivity index (χ1n) is 8.57. The van der Waals surface area contributed by atoms with Crippen LogP contribution in [0.4, 0.5) is 5.69 Å². The number of benzene rings is 1. The molecule has 3 heterocycles. The molecule has 0 bridgehead atoms. The first-order chi connectivity index (χ1) is 12.1. The molecule has 4 rings (SSSR count). The highest BCUT2D eigenvalue weighted by molar-refractivity contribution is 7.93. The van der Waals surface area contributed by atoms with Crippen LogP contribution < -0.4 is 4.31 Å². The minimum Gasteiger partial charge on any atom is -0.367 e. The number of ether oxygens (including phenoxy) is 1. The Hall–Kier alpha value is -1.41. The molecular weight excluding hydrogens is 356 g/mol. The normalized spacial score (nSPS) is 22.4. The molecule has 1 aromatic carbocycles. The molecule has 0 spiro atoms. The minimum absolute atomic E-state index is 0.347. The Morgan fingerprint density at radius 3 is 2.72 bits per heavy atom. The van der Waals surface area contributed by atoms with Crippen LogP contribution >= 0.6 is 11.3 Å². The molecule has 0 aliphatic carbocycles. The molecule has 2 aliphatic rings. The molecule has 0 amide bonds. The second-order valence-corrected chi connectivity index (χ2v) is 9.20. The van der Waals surface area contributed by atoms with Crippen LogP contribution in [0.15, 0.2) is 39.9 Å². The van der Waals surface area contributed by atoms with Gasteiger partial charge in [0.1, 0.15) is 11.0 Å². The molecule has 1 atom stereocenters. The SMILES string of the molecule is CN1c2ccccc2C(OCCN2CCCC2)c2cscc2S1(=O)=O. The monoisotopic (exact) mass is 378 g/mol. The Balaban J connectivity index is 1.69. The molecule has 7 heteroatoms. The topological polar surface area (TPSA) is 49.9 Å². The van der Waals surface area contributed by atoms with E-state index in [2.05, 4.69) is 4.90 Å². The average molecular weight is 379 g/mol. The minimum atomic E-state index is -3.55. The van der Waals surface area contributed by atoms with E-state index in [9.17, 15) is 8.42 Å². The van der Waals surface area contributed by atoms with Crippen molar-refractivity contribution in [2.45, 2.75) is 23.8 Å². The number of fused-ring (bicyclic) bond motifs is 2. The third-order valence-corrected chi connectivity index (χ3v) is 7.76. The first-order valence-corrected chi connectivity index (χ1v) is 11.0. The molecule has 134 valence electrons. The molecule has 0 radical (unpaired) electrons. The molecule has 1 saturated heterocycles. The van der Waals surface area contributed by atoms with Crippen molar-refractivity contribution in [3.63, 3.8) is 0 Å². The third kappa shape index (κ3) is 2.99. The highest BCUT2D eigenvalue weighted by atomic mass is 32.2. The fourth-order valence-electron chi connectivity index (χ4n) is 3.62. The van der Waals surface area contributed by atoms with Crippen molar-refractivity contribution in [1.29, 1.82) is 0 Å². The lowest BCUT2D eigenvalue weighted by Gasteiger charge is -2.22. The Kier molecular flexibility index (Phi) is 4.58. The molecular formula is C18H22N2O3S2. The number of para-hydroxylation sites is 1. The fourth-order valence-corrected chi connectivity index (χ4v) is 6.26. The summed E-state index contributed by atoms with van der Waals surface area (Å²) in [5.74, 6) is 0. The summed E-state index contributed by atoms with van der Waals surface area (Å²) in [7, 11) is -1.93. The first kappa shape index (κ1) is 17.0. The molecule has 0 saturated carbocycles. The molecule has 25 heavy (non-hydrogen) atoms. The van der Waals surface area contributed by atoms with Gasteiger partial charge in [0.05, 0.1) is 12.3 Å². The van der Waals surface area contributed by atoms with E-state index in [1.807, 2.05) is 29.6 Å². The summed E-state index contributed by atoms with van der Waals surface area (Å²) in [6, 6.07) is 7.62. The molecule has 0 N–H and O–H groups in total. The van der Waals surface area contributed by atoms with Crippen molar-refractivity contribution in [3.8, 4) is 0 Å². The number of hydrogen-bond acceptors (Lipinski definition) is 5. The molecule has 2 aliphatic heterocycles. The van der Waals surface area contributed by atoms with E-state index in [4.69, 9.17) is 4.74 Å². The maximum absolute atomic E-state index is 12.9. The lowest BCUT2D eigenvalue weighted by molar-refractivity contribution is 0.0637. The summed E-state index contributed by atoms with van der Waals surface area (Å²) in [5, 5.41) is 3.62. The van der Waals surface area contributed by atoms with Crippen molar-refractivity contribution in [2.24, 2.45) is 0 Å². The maximum Gasteiger partial charge on any atom is 0.265 e. The van der Waals surface area contributed by atoms with Gasteiger partial charge in [-0.2, -0.15) is 11.3 Å². The predicted molar refractivity (Wildman–Crippen MR) is 99.8 cm³/mol. The average Bonchev–Trinajstić information content (AvgIpc) is 3.28. The zero-order valence-corrected chi connectivity index (χ0v) is 15.9. The third-order valence-electron chi connectivity index (χ3n) is 5.02. The fraction of sp³-hybridized carbons (Fsp3) is 0.444. The number of likely N-dealkylation sites (tertiary alicyclic amines) is 1. The standard InChI is InChI=1S/C18H22N2O3S2/c1-19-16-7-3-2-6-14(16)18(23-11-10-20-8-4-5-9-20)15-12-24-13-17(15)25(19,21)22/h2-3,6-7,12-13,18H,4-5,8-11H2,1H3. The van der Waals surface area contributed by atoms with Gasteiger partial charge in [-0.15, -0.1) is 0 Å². The maximum atomic E-state index is 12.9. The van der Waals surface area contributed by atoms with Gasteiger partial charge in [0.25, 0.3) is 10.0 Å². The summed E-state index contributed by atoms with van der Waals surface area (Å²) in [5.41, 5.74) is 2.35. The van der Waals surface area contributed by atoms with Gasteiger partial charge in [0.15, 0.2) is 0 Å². The summed E-state index contributed by atoms with van der Waals surface area (Å²) in [6.07, 6.45) is 2.16. The van der Waals surface area contributed by atoms with Gasteiger partial charge in [0.2, 0.25) is 0 Å². The van der Waals surface area contributed by atoms with Gasteiger partial charge >= 0.3 is 0 Å². The van der Waals surface area contributed by atoms with Crippen molar-refractivity contribution in [3.05, 3.63) is 46.2 Å². The Morgan fingerprint density at radius 1 is 1.16 bits per heavy atom. The van der Waals surface area contributed by atoms with Gasteiger partial charge in [-0.3, -0.25) is 4.31 Å². The van der Waals surface area contributed by atoms with Crippen LogP contribution in [0.1, 0.15) is 30.1 Å². The van der Waals surface area contributed by atoms with Crippen molar-refractivity contribution in [2.75, 3.05) is 37.6 Å². The van der Waals surface area contributed by atoms with Gasteiger partial charge in [-0.1, -0.05) is 18.2 Å². The second kappa shape index (κ2) is 6.72. The van der Waals surface area contributed by atoms with Crippen LogP contribution in [0.3, 0.4) is 0 Å². The zero-order chi connectivity index (χ0) is 17.4. The number of hydrogen-bond donors (Lipinski definition) is 0. The summed E-state index contributed by atoms with van der Waals surface area (Å²) >= 11 is 1.41. The highest BCUT2D eigenvalue weighted by Gasteiger charge is 2.36. The van der Waals surface area contributed by atoms with E-state index >= 15 is 0 Å². The molecule has 1 aromatic heterocycles. The Morgan fingerprint density at radius 2 is 1.92 bits per heavy atom. The van der Waals surface area contributed by atoms with E-state index in [0.29, 0.717) is 17.2 Å². The van der Waals surface area contributed by atoms with E-state index < -0.39 is 10.0 Å². The lowest BCUT2D eigenvalue weighted by atomic mass is 10.0. The van der Waals surface area contributed by atoms with Gasteiger partial charge < -0.3 is 9.64 Å². The van der Waals surface area contributed by atoms with Crippen LogP contribution in [0.5, 0.6) is 0 Å². The molecule has 1 fully saturated rings. The van der Waals surface area contributed by atoms with Crippen LogP contribution in [0.25, 0.3) is 0 Å². The number of anilines is 1. The number of rotatable bonds is 4. The summed E-state index contributed by atoms with van der Waals surface area (Å²) in [4.78, 5) is 2.77. The van der Waals surface area contributed by atoms with Gasteiger partial charge in [-0.05, 0) is 37.4 Å². The van der Waals surface area contributed by atoms with Crippen LogP contribution in [-0.4, -0.2) is 46.6 Å². The van der Waals surface area contributed by atoms with Gasteiger partial charge in [0, 0.05) is 30.1 Å². The number of sulfonamides is 1. The number of thiophene rings is 1. The lowest BCUT2D eigenvalue weighted by Crippen LogP contribution is -2.26. The number of nitrogens with zero attached hydrogens (tertiary/aromatic N) is 2.